The van der Waals surface area contributed by atoms with Crippen LogP contribution in [0.2, 0.25) is 0 Å². The molecule has 0 aromatic rings. The lowest BCUT2D eigenvalue weighted by atomic mass is 9.86. The maximum Gasteiger partial charge on any atom is 0.334 e. The third kappa shape index (κ3) is 26.9. The summed E-state index contributed by atoms with van der Waals surface area (Å²) in [6.45, 7) is 7.07. The molecular weight excluding hydrogens is 584 g/mol. The van der Waals surface area contributed by atoms with Gasteiger partial charge in [0.15, 0.2) is 17.3 Å². The minimum Gasteiger partial charge on any atom is -0.461 e. The Morgan fingerprint density at radius 2 is 0.915 bits per heavy atom. The van der Waals surface area contributed by atoms with Gasteiger partial charge in [0.2, 0.25) is 0 Å². The van der Waals surface area contributed by atoms with Crippen LogP contribution in [0.4, 0.5) is 0 Å². The number of nitrogens with zero attached hydrogens (tertiary/aromatic N) is 1. The van der Waals surface area contributed by atoms with E-state index in [-0.39, 0.29) is 24.3 Å². The zero-order valence-electron chi connectivity index (χ0n) is 31.6. The third-order valence-corrected chi connectivity index (χ3v) is 9.68. The average Bonchev–Trinajstić information content (AvgIpc) is 3.05. The summed E-state index contributed by atoms with van der Waals surface area (Å²) >= 11 is 0. The summed E-state index contributed by atoms with van der Waals surface area (Å²) in [6.07, 6.45) is 34.2. The lowest BCUT2D eigenvalue weighted by Crippen LogP contribution is -2.56. The predicted molar refractivity (Wildman–Crippen MR) is 203 cm³/mol. The quantitative estimate of drug-likeness (QED) is 0.0201. The number of nitrogens with two attached hydrogens (primary N) is 3. The van der Waals surface area contributed by atoms with Gasteiger partial charge in [-0.05, 0) is 44.9 Å². The molecule has 0 radical (unpaired) electrons. The van der Waals surface area contributed by atoms with Crippen LogP contribution < -0.4 is 17.2 Å². The highest BCUT2D eigenvalue weighted by molar-refractivity contribution is 6.08. The first kappa shape index (κ1) is 45.4. The molecule has 47 heavy (non-hydrogen) atoms. The number of guanidine groups is 1. The number of carbonyl (C=O) groups excluding carboxylic acids is 2. The molecule has 0 amide bonds. The first-order valence-electron chi connectivity index (χ1n) is 20.4. The zero-order chi connectivity index (χ0) is 34.9. The number of hydrogen-bond donors (Lipinski definition) is 3. The average molecular weight is 665 g/mol. The van der Waals surface area contributed by atoms with E-state index in [9.17, 15) is 9.59 Å². The number of carbonyl (C=O) groups is 2. The molecule has 0 fully saturated rings. The van der Waals surface area contributed by atoms with Gasteiger partial charge in [-0.1, -0.05) is 168 Å². The fraction of sp³-hybridized carbons (Fsp3) is 0.925. The summed E-state index contributed by atoms with van der Waals surface area (Å²) in [6, 6.07) is 0. The van der Waals surface area contributed by atoms with E-state index in [2.05, 4.69) is 25.8 Å². The van der Waals surface area contributed by atoms with E-state index in [1.54, 1.807) is 0 Å². The third-order valence-electron chi connectivity index (χ3n) is 9.68. The molecule has 278 valence electrons. The molecule has 0 aromatic carbocycles. The molecular formula is C40H80N4O3. The highest BCUT2D eigenvalue weighted by Gasteiger charge is 2.43. The van der Waals surface area contributed by atoms with Gasteiger partial charge in [-0.15, -0.1) is 0 Å². The molecule has 0 aliphatic carbocycles. The Bertz CT molecular complexity index is 756. The summed E-state index contributed by atoms with van der Waals surface area (Å²) in [5.41, 5.74) is 16.1. The van der Waals surface area contributed by atoms with Gasteiger partial charge < -0.3 is 21.9 Å². The van der Waals surface area contributed by atoms with E-state index in [1.807, 2.05) is 0 Å². The SMILES string of the molecule is CCCCCCCCCCCCCC(=O)[C@](N)(CCCN=C(N)N)C(=O)OC(CCCCCCCC)CCCCCCCCCCC. The van der Waals surface area contributed by atoms with Crippen molar-refractivity contribution in [2.24, 2.45) is 22.2 Å². The minimum absolute atomic E-state index is 0.00226. The summed E-state index contributed by atoms with van der Waals surface area (Å²) in [4.78, 5) is 31.3. The second-order valence-corrected chi connectivity index (χ2v) is 14.3. The normalized spacial score (nSPS) is 13.3. The van der Waals surface area contributed by atoms with E-state index in [0.717, 1.165) is 57.8 Å². The van der Waals surface area contributed by atoms with Crippen LogP contribution in [0, 0.1) is 0 Å². The predicted octanol–water partition coefficient (Wildman–Crippen LogP) is 10.6. The van der Waals surface area contributed by atoms with Crippen molar-refractivity contribution < 1.29 is 14.3 Å². The van der Waals surface area contributed by atoms with Crippen molar-refractivity contribution in [3.63, 3.8) is 0 Å². The molecule has 7 nitrogen and oxygen atoms in total. The molecule has 0 rings (SSSR count). The van der Waals surface area contributed by atoms with Crippen molar-refractivity contribution in [3.05, 3.63) is 0 Å². The van der Waals surface area contributed by atoms with E-state index >= 15 is 0 Å². The van der Waals surface area contributed by atoms with Crippen molar-refractivity contribution in [1.29, 1.82) is 0 Å². The lowest BCUT2D eigenvalue weighted by Gasteiger charge is -2.29. The number of Topliss-reactive ketones (excluding diaryl/α,β-unsaturated/α-hetero) is 1. The summed E-state index contributed by atoms with van der Waals surface area (Å²) in [7, 11) is 0. The zero-order valence-corrected chi connectivity index (χ0v) is 31.6. The van der Waals surface area contributed by atoms with Crippen LogP contribution in [0.3, 0.4) is 0 Å². The van der Waals surface area contributed by atoms with Crippen molar-refractivity contribution in [1.82, 2.24) is 0 Å². The number of ketones is 1. The molecule has 0 heterocycles. The van der Waals surface area contributed by atoms with E-state index in [1.165, 1.54) is 122 Å². The number of esters is 1. The Kier molecular flexibility index (Phi) is 31.8. The second-order valence-electron chi connectivity index (χ2n) is 14.3. The van der Waals surface area contributed by atoms with Crippen LogP contribution in [-0.4, -0.2) is 35.9 Å². The highest BCUT2D eigenvalue weighted by atomic mass is 16.5. The Morgan fingerprint density at radius 3 is 1.30 bits per heavy atom. The standard InChI is InChI=1S/C40H80N4O3/c1-4-7-10-13-16-18-19-21-23-26-29-33-37(45)40(43,34-30-35-44-39(41)42)38(46)47-36(31-27-24-15-12-9-6-3)32-28-25-22-20-17-14-11-8-5-2/h36H,4-35,43H2,1-3H3,(H4,41,42,44)/t36?,40-/m1/s1. The fourth-order valence-electron chi connectivity index (χ4n) is 6.45. The van der Waals surface area contributed by atoms with E-state index < -0.39 is 11.5 Å². The van der Waals surface area contributed by atoms with Crippen molar-refractivity contribution in [2.45, 2.75) is 231 Å². The maximum absolute atomic E-state index is 13.7. The number of rotatable bonds is 36. The Hall–Kier alpha value is -1.63. The number of hydrogen-bond acceptors (Lipinski definition) is 5. The van der Waals surface area contributed by atoms with Crippen LogP contribution in [0.5, 0.6) is 0 Å². The summed E-state index contributed by atoms with van der Waals surface area (Å²) in [5, 5.41) is 0. The Morgan fingerprint density at radius 1 is 0.553 bits per heavy atom. The smallest absolute Gasteiger partial charge is 0.334 e. The molecule has 6 N–H and O–H groups in total. The van der Waals surface area contributed by atoms with Gasteiger partial charge in [0.25, 0.3) is 0 Å². The number of aliphatic imine (C=N–C) groups is 1. The van der Waals surface area contributed by atoms with Gasteiger partial charge in [0.05, 0.1) is 0 Å². The van der Waals surface area contributed by atoms with Gasteiger partial charge in [0.1, 0.15) is 6.10 Å². The van der Waals surface area contributed by atoms with Crippen LogP contribution >= 0.6 is 0 Å². The molecule has 0 aromatic heterocycles. The van der Waals surface area contributed by atoms with E-state index in [0.29, 0.717) is 19.4 Å². The van der Waals surface area contributed by atoms with Crippen LogP contribution in [0.1, 0.15) is 220 Å². The Balaban J connectivity index is 5.04. The summed E-state index contributed by atoms with van der Waals surface area (Å²) in [5.74, 6) is -0.755. The van der Waals surface area contributed by atoms with Crippen molar-refractivity contribution in [3.8, 4) is 0 Å². The molecule has 0 aliphatic rings. The van der Waals surface area contributed by atoms with Gasteiger partial charge in [-0.25, -0.2) is 4.79 Å². The molecule has 7 heteroatoms. The Labute approximate surface area is 291 Å². The van der Waals surface area contributed by atoms with Gasteiger partial charge >= 0.3 is 5.97 Å². The second kappa shape index (κ2) is 32.9. The van der Waals surface area contributed by atoms with E-state index in [4.69, 9.17) is 21.9 Å². The summed E-state index contributed by atoms with van der Waals surface area (Å²) < 4.78 is 6.15. The molecule has 2 atom stereocenters. The molecule has 0 saturated carbocycles. The maximum atomic E-state index is 13.7. The van der Waals surface area contributed by atoms with Gasteiger partial charge in [0, 0.05) is 13.0 Å². The molecule has 0 aliphatic heterocycles. The van der Waals surface area contributed by atoms with Crippen LogP contribution in [0.25, 0.3) is 0 Å². The van der Waals surface area contributed by atoms with Crippen molar-refractivity contribution >= 4 is 17.7 Å². The van der Waals surface area contributed by atoms with Crippen LogP contribution in [0.15, 0.2) is 4.99 Å². The van der Waals surface area contributed by atoms with Gasteiger partial charge in [-0.2, -0.15) is 0 Å². The molecule has 0 bridgehead atoms. The topological polar surface area (TPSA) is 134 Å². The first-order valence-corrected chi connectivity index (χ1v) is 20.4. The highest BCUT2D eigenvalue weighted by Crippen LogP contribution is 2.23. The minimum atomic E-state index is -1.64. The molecule has 0 spiro atoms. The first-order chi connectivity index (χ1) is 22.8. The molecule has 1 unspecified atom stereocenters. The largest absolute Gasteiger partial charge is 0.461 e. The van der Waals surface area contributed by atoms with Crippen molar-refractivity contribution in [2.75, 3.05) is 6.54 Å². The lowest BCUT2D eigenvalue weighted by molar-refractivity contribution is -0.160. The molecule has 0 saturated heterocycles. The van der Waals surface area contributed by atoms with Crippen LogP contribution in [-0.2, 0) is 14.3 Å². The number of ether oxygens (including phenoxy) is 1. The fourth-order valence-corrected chi connectivity index (χ4v) is 6.45. The monoisotopic (exact) mass is 665 g/mol. The number of unbranched alkanes of at least 4 members (excludes halogenated alkanes) is 23. The van der Waals surface area contributed by atoms with Gasteiger partial charge in [-0.3, -0.25) is 9.79 Å².